The van der Waals surface area contributed by atoms with Crippen LogP contribution < -0.4 is 0 Å². The summed E-state index contributed by atoms with van der Waals surface area (Å²) in [5.41, 5.74) is 0. The van der Waals surface area contributed by atoms with E-state index >= 15 is 0 Å². The zero-order valence-electron chi connectivity index (χ0n) is 4.48. The maximum absolute atomic E-state index is 5.48. The second-order valence-electron chi connectivity index (χ2n) is 1.06. The molecule has 0 bridgehead atoms. The summed E-state index contributed by atoms with van der Waals surface area (Å²) < 4.78 is 0. The van der Waals surface area contributed by atoms with Crippen molar-refractivity contribution in [2.75, 3.05) is 7.05 Å². The molecule has 0 radical (unpaired) electrons. The number of hydrogen-bond donors (Lipinski definition) is 0. The van der Waals surface area contributed by atoms with Gasteiger partial charge in [0.05, 0.1) is 5.03 Å². The van der Waals surface area contributed by atoms with Crippen LogP contribution in [0.3, 0.4) is 0 Å². The monoisotopic (exact) mass is 117 g/mol. The highest BCUT2D eigenvalue weighted by molar-refractivity contribution is 6.39. The highest BCUT2D eigenvalue weighted by atomic mass is 35.5. The van der Waals surface area contributed by atoms with Crippen molar-refractivity contribution in [1.29, 1.82) is 0 Å². The fourth-order valence-corrected chi connectivity index (χ4v) is 0.295. The van der Waals surface area contributed by atoms with Crippen molar-refractivity contribution in [3.63, 3.8) is 0 Å². The first-order chi connectivity index (χ1) is 3.31. The number of rotatable bonds is 1. The van der Waals surface area contributed by atoms with Gasteiger partial charge >= 0.3 is 0 Å². The Morgan fingerprint density at radius 3 is 2.43 bits per heavy atom. The second-order valence-corrected chi connectivity index (χ2v) is 1.50. The molecule has 0 saturated carbocycles. The van der Waals surface area contributed by atoms with Crippen molar-refractivity contribution in [2.45, 2.75) is 6.92 Å². The van der Waals surface area contributed by atoms with Gasteiger partial charge in [-0.05, 0) is 6.92 Å². The van der Waals surface area contributed by atoms with Crippen molar-refractivity contribution in [3.05, 3.63) is 11.1 Å². The molecule has 40 valence electrons. The molecule has 0 aliphatic carbocycles. The van der Waals surface area contributed by atoms with Crippen molar-refractivity contribution >= 4 is 17.8 Å². The summed E-state index contributed by atoms with van der Waals surface area (Å²) >= 11 is 5.48. The van der Waals surface area contributed by atoms with Gasteiger partial charge in [0, 0.05) is 13.3 Å². The Bertz CT molecular complexity index is 94.3. The molecule has 0 aromatic carbocycles. The molecule has 0 atom stereocenters. The van der Waals surface area contributed by atoms with Crippen molar-refractivity contribution in [1.82, 2.24) is 0 Å². The minimum Gasteiger partial charge on any atom is -0.295 e. The van der Waals surface area contributed by atoms with Crippen LogP contribution in [0.1, 0.15) is 6.92 Å². The van der Waals surface area contributed by atoms with Crippen LogP contribution in [0, 0.1) is 0 Å². The first-order valence-corrected chi connectivity index (χ1v) is 2.43. The predicted molar refractivity (Wildman–Crippen MR) is 34.0 cm³/mol. The Hall–Kier alpha value is -0.300. The maximum Gasteiger partial charge on any atom is 0.0541 e. The summed E-state index contributed by atoms with van der Waals surface area (Å²) in [5.74, 6) is 0. The third kappa shape index (κ3) is 3.53. The minimum atomic E-state index is 0.683. The Morgan fingerprint density at radius 2 is 2.29 bits per heavy atom. The van der Waals surface area contributed by atoms with Gasteiger partial charge in [-0.15, -0.1) is 0 Å². The first kappa shape index (κ1) is 6.70. The van der Waals surface area contributed by atoms with E-state index in [9.17, 15) is 0 Å². The Balaban J connectivity index is 3.58. The van der Waals surface area contributed by atoms with Gasteiger partial charge in [-0.3, -0.25) is 4.99 Å². The van der Waals surface area contributed by atoms with Crippen LogP contribution >= 0.6 is 11.6 Å². The SMILES string of the molecule is CC=C(Cl)C=NC. The van der Waals surface area contributed by atoms with E-state index in [1.54, 1.807) is 19.3 Å². The second kappa shape index (κ2) is 3.88. The van der Waals surface area contributed by atoms with E-state index in [4.69, 9.17) is 11.6 Å². The van der Waals surface area contributed by atoms with E-state index in [1.165, 1.54) is 0 Å². The third-order valence-electron chi connectivity index (χ3n) is 0.528. The summed E-state index contributed by atoms with van der Waals surface area (Å²) in [4.78, 5) is 3.68. The molecule has 0 aliphatic rings. The van der Waals surface area contributed by atoms with E-state index in [0.717, 1.165) is 0 Å². The fourth-order valence-electron chi connectivity index (χ4n) is 0.198. The van der Waals surface area contributed by atoms with Crippen LogP contribution in [0.25, 0.3) is 0 Å². The number of aliphatic imine (C=N–C) groups is 1. The average molecular weight is 118 g/mol. The number of hydrogen-bond acceptors (Lipinski definition) is 1. The molecule has 0 amide bonds. The lowest BCUT2D eigenvalue weighted by Gasteiger charge is -1.77. The first-order valence-electron chi connectivity index (χ1n) is 2.05. The summed E-state index contributed by atoms with van der Waals surface area (Å²) in [6.07, 6.45) is 3.39. The van der Waals surface area contributed by atoms with Gasteiger partial charge in [0.15, 0.2) is 0 Å². The zero-order valence-corrected chi connectivity index (χ0v) is 5.24. The van der Waals surface area contributed by atoms with Gasteiger partial charge < -0.3 is 0 Å². The molecular formula is C5H8ClN. The van der Waals surface area contributed by atoms with E-state index in [0.29, 0.717) is 5.03 Å². The molecule has 2 heteroatoms. The van der Waals surface area contributed by atoms with Gasteiger partial charge in [-0.1, -0.05) is 17.7 Å². The van der Waals surface area contributed by atoms with Crippen molar-refractivity contribution in [3.8, 4) is 0 Å². The average Bonchev–Trinajstić information content (AvgIpc) is 1.68. The lowest BCUT2D eigenvalue weighted by Crippen LogP contribution is -1.68. The number of allylic oxidation sites excluding steroid dienone is 2. The molecule has 1 nitrogen and oxygen atoms in total. The third-order valence-corrected chi connectivity index (χ3v) is 0.844. The van der Waals surface area contributed by atoms with Gasteiger partial charge in [0.1, 0.15) is 0 Å². The molecule has 0 aromatic rings. The Kier molecular flexibility index (Phi) is 3.71. The highest BCUT2D eigenvalue weighted by Gasteiger charge is 1.74. The molecule has 0 rings (SSSR count). The Labute approximate surface area is 48.7 Å². The molecule has 0 N–H and O–H groups in total. The summed E-state index contributed by atoms with van der Waals surface area (Å²) in [6, 6.07) is 0. The number of halogens is 1. The smallest absolute Gasteiger partial charge is 0.0541 e. The molecular weight excluding hydrogens is 110 g/mol. The zero-order chi connectivity index (χ0) is 5.70. The van der Waals surface area contributed by atoms with Crippen LogP contribution in [-0.2, 0) is 0 Å². The van der Waals surface area contributed by atoms with Crippen LogP contribution in [0.2, 0.25) is 0 Å². The predicted octanol–water partition coefficient (Wildman–Crippen LogP) is 1.83. The van der Waals surface area contributed by atoms with Gasteiger partial charge in [0.25, 0.3) is 0 Å². The largest absolute Gasteiger partial charge is 0.295 e. The molecule has 0 spiro atoms. The maximum atomic E-state index is 5.48. The number of nitrogens with zero attached hydrogens (tertiary/aromatic N) is 1. The molecule has 0 fully saturated rings. The van der Waals surface area contributed by atoms with E-state index < -0.39 is 0 Å². The lowest BCUT2D eigenvalue weighted by molar-refractivity contribution is 1.47. The Morgan fingerprint density at radius 1 is 1.71 bits per heavy atom. The van der Waals surface area contributed by atoms with Crippen LogP contribution in [0.5, 0.6) is 0 Å². The normalized spacial score (nSPS) is 13.3. The van der Waals surface area contributed by atoms with Crippen molar-refractivity contribution in [2.24, 2.45) is 4.99 Å². The topological polar surface area (TPSA) is 12.4 Å². The van der Waals surface area contributed by atoms with Crippen LogP contribution in [-0.4, -0.2) is 13.3 Å². The van der Waals surface area contributed by atoms with Crippen LogP contribution in [0.15, 0.2) is 16.1 Å². The standard InChI is InChI=1S/C5H8ClN/c1-3-5(6)4-7-2/h3-4H,1-2H3. The molecule has 0 aromatic heterocycles. The van der Waals surface area contributed by atoms with Gasteiger partial charge in [-0.2, -0.15) is 0 Å². The van der Waals surface area contributed by atoms with E-state index in [-0.39, 0.29) is 0 Å². The fraction of sp³-hybridized carbons (Fsp3) is 0.400. The van der Waals surface area contributed by atoms with Gasteiger partial charge in [0.2, 0.25) is 0 Å². The minimum absolute atomic E-state index is 0.683. The molecule has 0 saturated heterocycles. The van der Waals surface area contributed by atoms with Crippen LogP contribution in [0.4, 0.5) is 0 Å². The van der Waals surface area contributed by atoms with E-state index in [1.807, 2.05) is 6.92 Å². The summed E-state index contributed by atoms with van der Waals surface area (Å²) in [7, 11) is 1.69. The van der Waals surface area contributed by atoms with E-state index in [2.05, 4.69) is 4.99 Å². The summed E-state index contributed by atoms with van der Waals surface area (Å²) in [5, 5.41) is 0.683. The summed E-state index contributed by atoms with van der Waals surface area (Å²) in [6.45, 7) is 1.87. The van der Waals surface area contributed by atoms with Gasteiger partial charge in [-0.25, -0.2) is 0 Å². The molecule has 0 unspecified atom stereocenters. The van der Waals surface area contributed by atoms with Crippen molar-refractivity contribution < 1.29 is 0 Å². The quantitative estimate of drug-likeness (QED) is 0.465. The molecule has 7 heavy (non-hydrogen) atoms. The highest BCUT2D eigenvalue weighted by Crippen LogP contribution is 1.93. The lowest BCUT2D eigenvalue weighted by atomic mass is 10.5. The molecule has 0 aliphatic heterocycles. The molecule has 0 heterocycles.